The second kappa shape index (κ2) is 8.60. The number of benzene rings is 2. The molecule has 0 spiro atoms. The second-order valence-electron chi connectivity index (χ2n) is 5.63. The van der Waals surface area contributed by atoms with Crippen LogP contribution in [0.4, 0.5) is 0 Å². The van der Waals surface area contributed by atoms with Gasteiger partial charge in [0.2, 0.25) is 6.71 Å². The van der Waals surface area contributed by atoms with Crippen molar-refractivity contribution in [3.8, 4) is 0 Å². The predicted molar refractivity (Wildman–Crippen MR) is 105 cm³/mol. The van der Waals surface area contributed by atoms with E-state index in [-0.39, 0.29) is 5.38 Å². The zero-order chi connectivity index (χ0) is 15.9. The molecule has 0 fully saturated rings. The molecule has 2 aromatic rings. The van der Waals surface area contributed by atoms with Crippen molar-refractivity contribution in [3.63, 3.8) is 0 Å². The topological polar surface area (TPSA) is 0 Å². The fraction of sp³-hybridized carbons (Fsp3) is 0.263. The summed E-state index contributed by atoms with van der Waals surface area (Å²) in [6.07, 6.45) is 3.80. The average molecular weight is 376 g/mol. The third-order valence-electron chi connectivity index (χ3n) is 3.89. The summed E-state index contributed by atoms with van der Waals surface area (Å²) in [4.78, 5) is 0.302. The Balaban J connectivity index is 2.27. The number of alkyl halides is 2. The molecule has 0 heterocycles. The van der Waals surface area contributed by atoms with Crippen LogP contribution in [-0.2, 0) is 6.42 Å². The highest BCUT2D eigenvalue weighted by atomic mass is 79.9. The van der Waals surface area contributed by atoms with Gasteiger partial charge in [0.1, 0.15) is 0 Å². The summed E-state index contributed by atoms with van der Waals surface area (Å²) in [5.74, 6) is 0. The van der Waals surface area contributed by atoms with Crippen LogP contribution in [0.15, 0.2) is 67.3 Å². The standard InChI is InChI=1S/C19H21BBrCl/c1-3-12-20(17-9-5-4-6-10-17)18-11-7-8-16(13-18)14-19(22)15(2)21/h3-11,13,15,19H,1,12,14H2,2H3. The molecule has 114 valence electrons. The van der Waals surface area contributed by atoms with Gasteiger partial charge in [-0.25, -0.2) is 0 Å². The molecule has 0 aliphatic rings. The second-order valence-corrected chi connectivity index (χ2v) is 7.64. The summed E-state index contributed by atoms with van der Waals surface area (Å²) in [7, 11) is 0. The van der Waals surface area contributed by atoms with Crippen molar-refractivity contribution in [2.24, 2.45) is 0 Å². The van der Waals surface area contributed by atoms with Crippen LogP contribution in [0.5, 0.6) is 0 Å². The van der Waals surface area contributed by atoms with Crippen molar-refractivity contribution in [1.82, 2.24) is 0 Å². The Morgan fingerprint density at radius 2 is 1.82 bits per heavy atom. The first kappa shape index (κ1) is 17.4. The third kappa shape index (κ3) is 4.76. The van der Waals surface area contributed by atoms with Gasteiger partial charge in [-0.3, -0.25) is 0 Å². The van der Waals surface area contributed by atoms with Gasteiger partial charge in [-0.1, -0.05) is 94.5 Å². The Morgan fingerprint density at radius 1 is 1.14 bits per heavy atom. The molecule has 0 aliphatic heterocycles. The smallest absolute Gasteiger partial charge is 0.121 e. The molecule has 3 heteroatoms. The van der Waals surface area contributed by atoms with Crippen LogP contribution in [0.25, 0.3) is 0 Å². The van der Waals surface area contributed by atoms with Crippen molar-refractivity contribution < 1.29 is 0 Å². The molecule has 2 atom stereocenters. The van der Waals surface area contributed by atoms with Crippen molar-refractivity contribution in [1.29, 1.82) is 0 Å². The maximum Gasteiger partial charge on any atom is 0.213 e. The summed E-state index contributed by atoms with van der Waals surface area (Å²) < 4.78 is 0. The molecule has 2 aromatic carbocycles. The van der Waals surface area contributed by atoms with Crippen LogP contribution < -0.4 is 10.9 Å². The zero-order valence-corrected chi connectivity index (χ0v) is 15.2. The minimum absolute atomic E-state index is 0.102. The fourth-order valence-electron chi connectivity index (χ4n) is 2.64. The molecule has 0 saturated carbocycles. The van der Waals surface area contributed by atoms with Crippen LogP contribution in [0.1, 0.15) is 12.5 Å². The summed E-state index contributed by atoms with van der Waals surface area (Å²) in [5.41, 5.74) is 3.94. The molecule has 22 heavy (non-hydrogen) atoms. The van der Waals surface area contributed by atoms with Gasteiger partial charge in [-0.05, 0) is 18.3 Å². The van der Waals surface area contributed by atoms with Gasteiger partial charge < -0.3 is 0 Å². The van der Waals surface area contributed by atoms with E-state index >= 15 is 0 Å². The highest BCUT2D eigenvalue weighted by Gasteiger charge is 2.18. The predicted octanol–water partition coefficient (Wildman–Crippen LogP) is 4.41. The van der Waals surface area contributed by atoms with E-state index in [0.29, 0.717) is 11.5 Å². The Bertz CT molecular complexity index is 597. The summed E-state index contributed by atoms with van der Waals surface area (Å²) in [5, 5.41) is 0.102. The average Bonchev–Trinajstić information content (AvgIpc) is 2.53. The maximum absolute atomic E-state index is 6.40. The van der Waals surface area contributed by atoms with Crippen molar-refractivity contribution >= 4 is 45.2 Å². The van der Waals surface area contributed by atoms with Gasteiger partial charge in [0, 0.05) is 10.2 Å². The third-order valence-corrected chi connectivity index (χ3v) is 5.36. The molecule has 2 unspecified atom stereocenters. The van der Waals surface area contributed by atoms with Crippen LogP contribution >= 0.6 is 27.5 Å². The molecular weight excluding hydrogens is 354 g/mol. The molecule has 0 aromatic heterocycles. The van der Waals surface area contributed by atoms with Crippen molar-refractivity contribution in [2.75, 3.05) is 0 Å². The van der Waals surface area contributed by atoms with Gasteiger partial charge in [0.15, 0.2) is 0 Å². The number of hydrogen-bond donors (Lipinski definition) is 0. The lowest BCUT2D eigenvalue weighted by Crippen LogP contribution is -2.41. The van der Waals surface area contributed by atoms with Gasteiger partial charge in [-0.2, -0.15) is 0 Å². The van der Waals surface area contributed by atoms with Crippen LogP contribution in [-0.4, -0.2) is 16.9 Å². The van der Waals surface area contributed by atoms with E-state index in [1.165, 1.54) is 16.5 Å². The summed E-state index contributed by atoms with van der Waals surface area (Å²) in [6.45, 7) is 6.36. The molecule has 0 amide bonds. The lowest BCUT2D eigenvalue weighted by atomic mass is 9.38. The van der Waals surface area contributed by atoms with Gasteiger partial charge in [0.05, 0.1) is 0 Å². The molecule has 0 nitrogen and oxygen atoms in total. The number of allylic oxidation sites excluding steroid dienone is 1. The van der Waals surface area contributed by atoms with E-state index in [1.807, 2.05) is 6.08 Å². The molecule has 0 radical (unpaired) electrons. The van der Waals surface area contributed by atoms with Gasteiger partial charge in [0.25, 0.3) is 0 Å². The lowest BCUT2D eigenvalue weighted by molar-refractivity contribution is 0.832. The van der Waals surface area contributed by atoms with E-state index in [0.717, 1.165) is 12.7 Å². The Hall–Kier alpha value is -0.985. The van der Waals surface area contributed by atoms with Gasteiger partial charge in [-0.15, -0.1) is 18.2 Å². The first-order chi connectivity index (χ1) is 10.6. The normalized spacial score (nSPS) is 13.4. The van der Waals surface area contributed by atoms with E-state index in [4.69, 9.17) is 11.6 Å². The molecule has 0 N–H and O–H groups in total. The number of rotatable bonds is 7. The Kier molecular flexibility index (Phi) is 6.79. The quantitative estimate of drug-likeness (QED) is 0.382. The summed E-state index contributed by atoms with van der Waals surface area (Å²) >= 11 is 9.96. The minimum Gasteiger partial charge on any atom is -0.121 e. The van der Waals surface area contributed by atoms with Crippen molar-refractivity contribution in [3.05, 3.63) is 72.8 Å². The van der Waals surface area contributed by atoms with E-state index in [9.17, 15) is 0 Å². The largest absolute Gasteiger partial charge is 0.213 e. The van der Waals surface area contributed by atoms with Crippen LogP contribution in [0.2, 0.25) is 6.32 Å². The zero-order valence-electron chi connectivity index (χ0n) is 12.9. The molecule has 0 bridgehead atoms. The van der Waals surface area contributed by atoms with E-state index < -0.39 is 0 Å². The highest BCUT2D eigenvalue weighted by Crippen LogP contribution is 2.16. The van der Waals surface area contributed by atoms with E-state index in [1.54, 1.807) is 0 Å². The first-order valence-corrected chi connectivity index (χ1v) is 9.00. The first-order valence-electron chi connectivity index (χ1n) is 7.64. The Morgan fingerprint density at radius 3 is 2.45 bits per heavy atom. The summed E-state index contributed by atoms with van der Waals surface area (Å²) in [6, 6.07) is 19.4. The number of hydrogen-bond acceptors (Lipinski definition) is 0. The molecular formula is C19H21BBrCl. The monoisotopic (exact) mass is 374 g/mol. The Labute approximate surface area is 147 Å². The molecule has 2 rings (SSSR count). The minimum atomic E-state index is 0.102. The van der Waals surface area contributed by atoms with Crippen molar-refractivity contribution in [2.45, 2.75) is 29.9 Å². The number of halogens is 2. The maximum atomic E-state index is 6.40. The molecule has 0 saturated heterocycles. The van der Waals surface area contributed by atoms with E-state index in [2.05, 4.69) is 84.0 Å². The highest BCUT2D eigenvalue weighted by molar-refractivity contribution is 9.09. The lowest BCUT2D eigenvalue weighted by Gasteiger charge is -2.16. The SMILES string of the molecule is C=CCB(c1ccccc1)c1cccc(CC(Cl)C(C)Br)c1. The van der Waals surface area contributed by atoms with Crippen LogP contribution in [0.3, 0.4) is 0 Å². The van der Waals surface area contributed by atoms with Gasteiger partial charge >= 0.3 is 0 Å². The fourth-order valence-corrected chi connectivity index (χ4v) is 3.01. The van der Waals surface area contributed by atoms with Crippen LogP contribution in [0, 0.1) is 0 Å². The molecule has 0 aliphatic carbocycles.